The van der Waals surface area contributed by atoms with Crippen LogP contribution in [-0.2, 0) is 11.2 Å². The maximum absolute atomic E-state index is 12.0. The maximum atomic E-state index is 12.0. The molecule has 3 atom stereocenters. The number of hydrogen-bond acceptors (Lipinski definition) is 5. The molecule has 3 rings (SSSR count). The molecule has 31 heavy (non-hydrogen) atoms. The molecule has 0 bridgehead atoms. The Morgan fingerprint density at radius 3 is 2.58 bits per heavy atom. The van der Waals surface area contributed by atoms with E-state index in [2.05, 4.69) is 10.3 Å². The SMILES string of the molecule is [2H]C(C)(C)C([2H])(C)c1ccc(CCOc2ccc(C(C)C3SC(=O)NC3=O)cc2C)nc1C.[2H][2H].[2H][2H].[2H][2H].[2H][2H].[2H][2H].[2H][2H].[2H][2H].[2H][2H].[2H][2H].[2H][2H].[2H][2H].[2H][2H].[2H][2H].[2H][2H].[2H][2H].[2H][2H].[HH].[HH].[HH].[HH].[HH].[HH].[HH].[HH].[HH].[HH].[HH].[HH].[HH].[HH].[HH].[HH].[HH].[HH].[HH].[HH].[HH].[HH].[HH].[HH].[HH].[HH].[HH].[HH].[HH].[HH].[HH].[HH].[HH].[HH].[HH].[HH].[HH].[HH].[HH]. The van der Waals surface area contributed by atoms with Gasteiger partial charge in [-0.2, -0.15) is 0 Å². The topological polar surface area (TPSA) is 68.3 Å². The zero-order valence-corrected chi connectivity index (χ0v) is 19.9. The highest BCUT2D eigenvalue weighted by molar-refractivity contribution is 8.15. The van der Waals surface area contributed by atoms with E-state index in [0.717, 1.165) is 45.6 Å². The van der Waals surface area contributed by atoms with Crippen LogP contribution in [0.15, 0.2) is 30.3 Å². The van der Waals surface area contributed by atoms with Gasteiger partial charge < -0.3 is 4.74 Å². The van der Waals surface area contributed by atoms with Crippen molar-refractivity contribution in [3.63, 3.8) is 0 Å². The van der Waals surface area contributed by atoms with E-state index in [9.17, 15) is 9.59 Å². The summed E-state index contributed by atoms with van der Waals surface area (Å²) >= 11 is 1.04. The summed E-state index contributed by atoms with van der Waals surface area (Å²) in [4.78, 5) is 28.1. The fourth-order valence-electron chi connectivity index (χ4n) is 3.68. The third kappa shape index (κ3) is 5.48. The number of aryl methyl sites for hydroxylation is 2. The van der Waals surface area contributed by atoms with E-state index >= 15 is 0 Å². The molecule has 0 radical (unpaired) electrons. The summed E-state index contributed by atoms with van der Waals surface area (Å²) in [6.07, 6.45) is 0.624. The number of nitrogens with zero attached hydrogens (tertiary/aromatic N) is 1. The number of hydrogen-bond donors (Lipinski definition) is 1. The molecule has 2 amide bonds. The van der Waals surface area contributed by atoms with Crippen molar-refractivity contribution < 1.29 is 120 Å². The van der Waals surface area contributed by atoms with Crippen LogP contribution in [0, 0.1) is 19.7 Å². The van der Waals surface area contributed by atoms with Gasteiger partial charge in [0.05, 0.1) is 11.9 Å². The van der Waals surface area contributed by atoms with Crippen molar-refractivity contribution in [2.75, 3.05) is 6.61 Å². The molecule has 0 saturated carbocycles. The van der Waals surface area contributed by atoms with Crippen molar-refractivity contribution in [1.82, 2.24) is 10.3 Å². The second-order valence-electron chi connectivity index (χ2n) is 8.29. The number of carbonyl (C=O) groups is 2. The minimum atomic E-state index is -1.06. The lowest BCUT2D eigenvalue weighted by atomic mass is 9.89. The summed E-state index contributed by atoms with van der Waals surface area (Å²) in [5.41, 5.74) is 4.38. The van der Waals surface area contributed by atoms with Gasteiger partial charge in [-0.25, -0.2) is 0 Å². The molecular formula is C25H142N2O3S. The predicted octanol–water partition coefficient (Wildman–Crippen LogP) is 19.1. The van der Waals surface area contributed by atoms with Crippen LogP contribution in [0.3, 0.4) is 0 Å². The average Bonchev–Trinajstić information content (AvgIpc) is 3.75. The largest absolute Gasteiger partial charge is 0.493 e. The Bertz CT molecular complexity index is 1150. The molecule has 1 aromatic carbocycles. The maximum Gasteiger partial charge on any atom is 0.286 e. The third-order valence-corrected chi connectivity index (χ3v) is 7.00. The van der Waals surface area contributed by atoms with E-state index in [4.69, 9.17) is 55.0 Å². The van der Waals surface area contributed by atoms with E-state index in [1.165, 1.54) is 0 Å². The van der Waals surface area contributed by atoms with Crippen LogP contribution in [0.5, 0.6) is 5.75 Å². The summed E-state index contributed by atoms with van der Waals surface area (Å²) < 4.78 is 183. The lowest BCUT2D eigenvalue weighted by molar-refractivity contribution is -0.119. The first kappa shape index (κ1) is 9.26. The molecule has 276 valence electrons. The molecule has 3 unspecified atom stereocenters. The number of aromatic nitrogens is 1. The molecule has 1 saturated heterocycles. The van der Waals surface area contributed by atoms with Gasteiger partial charge in [-0.3, -0.25) is 19.9 Å². The van der Waals surface area contributed by atoms with Crippen molar-refractivity contribution in [2.45, 2.75) is 65.0 Å². The molecule has 0 spiro atoms. The number of carbonyl (C=O) groups excluding carboxylic acids is 2. The fraction of sp³-hybridized carbons (Fsp3) is 0.480. The molecule has 6 heteroatoms. The minimum Gasteiger partial charge on any atom is -0.493 e. The number of imide groups is 1. The molecule has 0 aliphatic carbocycles. The smallest absolute Gasteiger partial charge is 0.286 e. The highest BCUT2D eigenvalue weighted by Crippen LogP contribution is 2.34. The van der Waals surface area contributed by atoms with Crippen LogP contribution in [0.4, 0.5) is 4.79 Å². The molecule has 1 aliphatic rings. The number of nitrogens with one attached hydrogen (secondary N) is 1. The number of thioether (sulfide) groups is 1. The first-order chi connectivity index (χ1) is 31.3. The van der Waals surface area contributed by atoms with E-state index in [-0.39, 0.29) is 72.7 Å². The van der Waals surface area contributed by atoms with Gasteiger partial charge in [0.15, 0.2) is 0 Å². The van der Waals surface area contributed by atoms with Crippen molar-refractivity contribution >= 4 is 22.9 Å². The summed E-state index contributed by atoms with van der Waals surface area (Å²) in [6, 6.07) is 9.67. The summed E-state index contributed by atoms with van der Waals surface area (Å²) in [5, 5.41) is 1.64. The first-order valence-electron chi connectivity index (χ1n) is 27.5. The number of benzene rings is 1. The van der Waals surface area contributed by atoms with Gasteiger partial charge in [0.25, 0.3) is 5.24 Å². The lowest BCUT2D eigenvalue weighted by Crippen LogP contribution is -2.27. The van der Waals surface area contributed by atoms with Crippen molar-refractivity contribution in [3.8, 4) is 5.75 Å². The van der Waals surface area contributed by atoms with Crippen LogP contribution in [0.25, 0.3) is 0 Å². The van der Waals surface area contributed by atoms with Crippen molar-refractivity contribution in [1.29, 1.82) is 0 Å². The lowest BCUT2D eigenvalue weighted by Gasteiger charge is -2.19. The van der Waals surface area contributed by atoms with E-state index in [1.807, 2.05) is 51.1 Å². The first-order valence-corrected chi connectivity index (χ1v) is 11.4. The number of ether oxygens (including phenoxy) is 1. The van der Waals surface area contributed by atoms with Gasteiger partial charge in [-0.15, -0.1) is 0 Å². The van der Waals surface area contributed by atoms with Gasteiger partial charge in [0, 0.05) is 130 Å². The van der Waals surface area contributed by atoms with Gasteiger partial charge in [-0.05, 0) is 54.5 Å². The molecule has 2 aromatic rings. The predicted molar refractivity (Wildman–Crippen MR) is 242 cm³/mol. The Kier molecular flexibility index (Phi) is 2.94. The summed E-state index contributed by atoms with van der Waals surface area (Å²) in [7, 11) is 0. The monoisotopic (exact) mass is 585 g/mol. The van der Waals surface area contributed by atoms with Crippen molar-refractivity contribution in [3.05, 3.63) is 58.4 Å². The minimum absolute atomic E-state index is 0. The van der Waals surface area contributed by atoms with Crippen LogP contribution >= 0.6 is 11.8 Å². The third-order valence-electron chi connectivity index (χ3n) is 5.81. The zero-order chi connectivity index (χ0) is 56.6. The van der Waals surface area contributed by atoms with Crippen molar-refractivity contribution in [2.24, 2.45) is 5.89 Å². The quantitative estimate of drug-likeness (QED) is 0.334. The van der Waals surface area contributed by atoms with Crippen LogP contribution in [-0.4, -0.2) is 28.0 Å². The highest BCUT2D eigenvalue weighted by atomic mass is 32.2. The van der Waals surface area contributed by atoms with Gasteiger partial charge in [0.2, 0.25) is 5.91 Å². The molecule has 1 aliphatic heterocycles. The number of pyridine rings is 1. The van der Waals surface area contributed by atoms with Crippen LogP contribution in [0.2, 0.25) is 0 Å². The number of amides is 2. The van der Waals surface area contributed by atoms with Gasteiger partial charge in [-0.1, -0.05) is 57.7 Å². The Morgan fingerprint density at radius 2 is 2.00 bits per heavy atom. The molecule has 1 N–H and O–H groups in total. The van der Waals surface area contributed by atoms with Gasteiger partial charge >= 0.3 is 0 Å². The normalized spacial score (nSPS) is 24.6. The molecule has 1 fully saturated rings. The van der Waals surface area contributed by atoms with Crippen LogP contribution in [0.1, 0.15) is 173 Å². The Balaban J connectivity index is -0.00000000650. The van der Waals surface area contributed by atoms with E-state index < -0.39 is 17.0 Å². The second kappa shape index (κ2) is 9.86. The van der Waals surface area contributed by atoms with Gasteiger partial charge in [0.1, 0.15) is 5.75 Å². The van der Waals surface area contributed by atoms with E-state index in [1.54, 1.807) is 20.8 Å². The molecule has 5 nitrogen and oxygen atoms in total. The summed E-state index contributed by atoms with van der Waals surface area (Å²) in [5.74, 6) is -1.55. The second-order valence-corrected chi connectivity index (χ2v) is 9.40. The van der Waals surface area contributed by atoms with E-state index in [0.29, 0.717) is 13.0 Å². The molecule has 1 aromatic heterocycles. The fourth-order valence-corrected chi connectivity index (χ4v) is 4.59. The average molecular weight is 586 g/mol. The highest BCUT2D eigenvalue weighted by Gasteiger charge is 2.36. The molecular weight excluding hydrogens is 408 g/mol. The molecule has 2 heterocycles. The Labute approximate surface area is 299 Å². The standard InChI is InChI=1S/C25H32N2O3S.55H2/c1-14(2)16(4)21-9-8-20(26-18(21)6)11-12-30-22-10-7-19(13-15(22)3)17(5)23-24(28)27-25(29)31-23;;;;;;;;;;;;;;;;;;;;;;;;;;;;;;;;;;;;;;;;;;;;;;;;;;;;;;;/h7-10,13-14,16-17,23H,11-12H2,1-6H3,(H,27,28,29);55*1H/i14D,16D;16*1+1D;;;;;;;;;;;;;;;;;;;;;;;;;;;;;;;;;;;;;;;. The zero-order valence-electron chi connectivity index (χ0n) is 53.0. The Morgan fingerprint density at radius 1 is 1.26 bits per heavy atom. The van der Waals surface area contributed by atoms with Crippen LogP contribution < -0.4 is 10.1 Å². The number of rotatable bonds is 8. The summed E-state index contributed by atoms with van der Waals surface area (Å²) in [6.45, 7) is 11.5. The Hall–Kier alpha value is -2.34.